The van der Waals surface area contributed by atoms with E-state index in [1.54, 1.807) is 54.6 Å². The summed E-state index contributed by atoms with van der Waals surface area (Å²) in [6.07, 6.45) is 1.34. The molecule has 0 bridgehead atoms. The minimum atomic E-state index is -3.87. The predicted octanol–water partition coefficient (Wildman–Crippen LogP) is 6.30. The van der Waals surface area contributed by atoms with E-state index in [0.29, 0.717) is 35.8 Å². The van der Waals surface area contributed by atoms with Gasteiger partial charge in [0.2, 0.25) is 15.9 Å². The van der Waals surface area contributed by atoms with Crippen molar-refractivity contribution in [2.75, 3.05) is 6.61 Å². The molecule has 4 aromatic rings. The molecule has 218 valence electrons. The summed E-state index contributed by atoms with van der Waals surface area (Å²) in [6, 6.07) is 27.9. The van der Waals surface area contributed by atoms with Gasteiger partial charge in [0.1, 0.15) is 6.61 Å². The number of hydrogen-bond acceptors (Lipinski definition) is 6. The lowest BCUT2D eigenvalue weighted by Crippen LogP contribution is -2.32. The minimum Gasteiger partial charge on any atom is -0.490 e. The number of carbonyl (C=O) groups is 1. The van der Waals surface area contributed by atoms with Crippen LogP contribution in [0.2, 0.25) is 0 Å². The molecule has 0 heterocycles. The number of hydrogen-bond donors (Lipinski definition) is 2. The predicted molar refractivity (Wildman–Crippen MR) is 167 cm³/mol. The van der Waals surface area contributed by atoms with E-state index in [2.05, 4.69) is 31.2 Å². The second-order valence-electron chi connectivity index (χ2n) is 9.45. The van der Waals surface area contributed by atoms with Gasteiger partial charge in [0.05, 0.1) is 23.8 Å². The Morgan fingerprint density at radius 2 is 1.64 bits per heavy atom. The summed E-state index contributed by atoms with van der Waals surface area (Å²) < 4.78 is 41.5. The monoisotopic (exact) mass is 649 g/mol. The second-order valence-corrected chi connectivity index (χ2v) is 12.1. The van der Waals surface area contributed by atoms with E-state index in [0.717, 1.165) is 15.6 Å². The molecule has 10 heteroatoms. The molecule has 0 radical (unpaired) electrons. The third-order valence-corrected chi connectivity index (χ3v) is 8.21. The average molecular weight is 651 g/mol. The van der Waals surface area contributed by atoms with Gasteiger partial charge < -0.3 is 9.47 Å². The Kier molecular flexibility index (Phi) is 10.9. The number of nitrogens with one attached hydrogen (secondary N) is 2. The highest BCUT2D eigenvalue weighted by atomic mass is 79.9. The number of nitrogens with zero attached hydrogens (tertiary/aromatic N) is 1. The van der Waals surface area contributed by atoms with Gasteiger partial charge >= 0.3 is 0 Å². The number of sulfonamides is 1. The molecule has 0 aliphatic carbocycles. The zero-order chi connectivity index (χ0) is 30.0. The highest BCUT2D eigenvalue weighted by Gasteiger charge is 2.23. The van der Waals surface area contributed by atoms with Gasteiger partial charge in [-0.2, -0.15) is 5.10 Å². The van der Waals surface area contributed by atoms with Crippen LogP contribution >= 0.6 is 15.9 Å². The molecule has 42 heavy (non-hydrogen) atoms. The van der Waals surface area contributed by atoms with Crippen LogP contribution in [0.25, 0.3) is 0 Å². The molecule has 1 amide bonds. The topological polar surface area (TPSA) is 106 Å². The van der Waals surface area contributed by atoms with Crippen molar-refractivity contribution in [1.82, 2.24) is 10.1 Å². The van der Waals surface area contributed by atoms with Crippen molar-refractivity contribution in [3.05, 3.63) is 124 Å². The number of ether oxygens (including phenoxy) is 2. The van der Waals surface area contributed by atoms with Gasteiger partial charge in [-0.15, -0.1) is 0 Å². The number of carbonyl (C=O) groups excluding carboxylic acids is 1. The molecule has 0 aromatic heterocycles. The van der Waals surface area contributed by atoms with Gasteiger partial charge in [-0.3, -0.25) is 4.79 Å². The first-order valence-electron chi connectivity index (χ1n) is 13.3. The van der Waals surface area contributed by atoms with Crippen molar-refractivity contribution in [3.63, 3.8) is 0 Å². The number of halogens is 1. The number of benzene rings is 4. The van der Waals surface area contributed by atoms with E-state index >= 15 is 0 Å². The summed E-state index contributed by atoms with van der Waals surface area (Å²) >= 11 is 3.43. The Hall–Kier alpha value is -3.99. The smallest absolute Gasteiger partial charge is 0.242 e. The van der Waals surface area contributed by atoms with Crippen LogP contribution in [0.3, 0.4) is 0 Å². The molecular formula is C32H32BrN3O5S. The zero-order valence-corrected chi connectivity index (χ0v) is 25.7. The van der Waals surface area contributed by atoms with E-state index in [1.807, 2.05) is 44.2 Å². The maximum absolute atomic E-state index is 13.1. The first kappa shape index (κ1) is 31.0. The minimum absolute atomic E-state index is 0.127. The molecule has 0 saturated carbocycles. The molecule has 0 fully saturated rings. The zero-order valence-electron chi connectivity index (χ0n) is 23.3. The van der Waals surface area contributed by atoms with Gasteiger partial charge in [0, 0.05) is 10.9 Å². The summed E-state index contributed by atoms with van der Waals surface area (Å²) in [6.45, 7) is 4.60. The van der Waals surface area contributed by atoms with Gasteiger partial charge in [-0.25, -0.2) is 18.6 Å². The van der Waals surface area contributed by atoms with Crippen LogP contribution < -0.4 is 19.6 Å². The highest BCUT2D eigenvalue weighted by Crippen LogP contribution is 2.29. The first-order valence-corrected chi connectivity index (χ1v) is 15.6. The van der Waals surface area contributed by atoms with Gasteiger partial charge in [0.25, 0.3) is 0 Å². The van der Waals surface area contributed by atoms with Crippen LogP contribution in [0.4, 0.5) is 0 Å². The molecular weight excluding hydrogens is 618 g/mol. The fraction of sp³-hybridized carbons (Fsp3) is 0.188. The summed E-state index contributed by atoms with van der Waals surface area (Å²) in [7, 11) is -3.87. The number of rotatable bonds is 13. The van der Waals surface area contributed by atoms with Crippen molar-refractivity contribution in [2.45, 2.75) is 37.8 Å². The SMILES string of the molecule is CCOc1cc(/C=N\NC(=O)C[C@@H](NS(=O)(=O)c2ccc(C)cc2)c2ccccc2)ccc1OCc1ccc(Br)cc1. The fourth-order valence-electron chi connectivity index (χ4n) is 4.03. The maximum Gasteiger partial charge on any atom is 0.242 e. The van der Waals surface area contributed by atoms with Crippen LogP contribution in [0, 0.1) is 6.92 Å². The van der Waals surface area contributed by atoms with Gasteiger partial charge in [-0.1, -0.05) is 76.1 Å². The number of amides is 1. The molecule has 0 spiro atoms. The van der Waals surface area contributed by atoms with Gasteiger partial charge in [0.15, 0.2) is 11.5 Å². The highest BCUT2D eigenvalue weighted by molar-refractivity contribution is 9.10. The number of aryl methyl sites for hydroxylation is 1. The van der Waals surface area contributed by atoms with Crippen molar-refractivity contribution in [2.24, 2.45) is 5.10 Å². The van der Waals surface area contributed by atoms with Crippen LogP contribution in [0.15, 0.2) is 112 Å². The molecule has 0 saturated heterocycles. The first-order chi connectivity index (χ1) is 20.2. The normalized spacial score (nSPS) is 12.2. The van der Waals surface area contributed by atoms with Crippen LogP contribution in [-0.2, 0) is 21.4 Å². The molecule has 0 unspecified atom stereocenters. The van der Waals surface area contributed by atoms with E-state index in [9.17, 15) is 13.2 Å². The van der Waals surface area contributed by atoms with E-state index in [1.165, 1.54) is 18.3 Å². The molecule has 2 N–H and O–H groups in total. The van der Waals surface area contributed by atoms with E-state index in [4.69, 9.17) is 9.47 Å². The Labute approximate surface area is 255 Å². The van der Waals surface area contributed by atoms with Crippen LogP contribution in [-0.4, -0.2) is 27.1 Å². The fourth-order valence-corrected chi connectivity index (χ4v) is 5.52. The third kappa shape index (κ3) is 9.01. The quantitative estimate of drug-likeness (QED) is 0.131. The van der Waals surface area contributed by atoms with E-state index < -0.39 is 22.0 Å². The Balaban J connectivity index is 1.41. The van der Waals surface area contributed by atoms with Crippen LogP contribution in [0.5, 0.6) is 11.5 Å². The lowest BCUT2D eigenvalue weighted by atomic mass is 10.0. The Morgan fingerprint density at radius 3 is 2.33 bits per heavy atom. The Bertz CT molecular complexity index is 1610. The summed E-state index contributed by atoms with van der Waals surface area (Å²) in [4.78, 5) is 13.0. The van der Waals surface area contributed by atoms with Crippen molar-refractivity contribution in [3.8, 4) is 11.5 Å². The summed E-state index contributed by atoms with van der Waals surface area (Å²) in [5, 5.41) is 4.08. The second kappa shape index (κ2) is 14.8. The standard InChI is InChI=1S/C32H32BrN3O5S/c1-3-40-31-19-25(13-18-30(31)41-22-24-11-14-27(33)15-12-24)21-34-35-32(37)20-29(26-7-5-4-6-8-26)36-42(38,39)28-16-9-23(2)10-17-28/h4-19,21,29,36H,3,20,22H2,1-2H3,(H,35,37)/b34-21-/t29-/m1/s1. The van der Waals surface area contributed by atoms with Crippen molar-refractivity contribution < 1.29 is 22.7 Å². The maximum atomic E-state index is 13.1. The van der Waals surface area contributed by atoms with Gasteiger partial charge in [-0.05, 0) is 73.0 Å². The summed E-state index contributed by atoms with van der Waals surface area (Å²) in [5.41, 5.74) is 5.81. The van der Waals surface area contributed by atoms with Crippen molar-refractivity contribution >= 4 is 38.1 Å². The van der Waals surface area contributed by atoms with E-state index in [-0.39, 0.29) is 11.3 Å². The third-order valence-electron chi connectivity index (χ3n) is 6.20. The van der Waals surface area contributed by atoms with Crippen molar-refractivity contribution in [1.29, 1.82) is 0 Å². The summed E-state index contributed by atoms with van der Waals surface area (Å²) in [5.74, 6) is 0.693. The lowest BCUT2D eigenvalue weighted by molar-refractivity contribution is -0.121. The number of hydrazone groups is 1. The molecule has 0 aliphatic heterocycles. The molecule has 4 rings (SSSR count). The Morgan fingerprint density at radius 1 is 0.929 bits per heavy atom. The van der Waals surface area contributed by atoms with Crippen LogP contribution in [0.1, 0.15) is 41.6 Å². The molecule has 4 aromatic carbocycles. The lowest BCUT2D eigenvalue weighted by Gasteiger charge is -2.18. The molecule has 0 aliphatic rings. The molecule has 8 nitrogen and oxygen atoms in total. The average Bonchev–Trinajstić information content (AvgIpc) is 2.98. The largest absolute Gasteiger partial charge is 0.490 e. The molecule has 1 atom stereocenters.